The molecule has 23 heavy (non-hydrogen) atoms. The van der Waals surface area contributed by atoms with Crippen LogP contribution in [-0.2, 0) is 9.59 Å². The van der Waals surface area contributed by atoms with Gasteiger partial charge in [-0.05, 0) is 44.4 Å². The molecule has 2 unspecified atom stereocenters. The first kappa shape index (κ1) is 17.7. The van der Waals surface area contributed by atoms with Crippen LogP contribution in [0.25, 0.3) is 0 Å². The number of halogens is 1. The molecule has 126 valence electrons. The lowest BCUT2D eigenvalue weighted by atomic mass is 9.90. The van der Waals surface area contributed by atoms with Gasteiger partial charge in [-0.3, -0.25) is 9.78 Å². The third-order valence-electron chi connectivity index (χ3n) is 4.38. The summed E-state index contributed by atoms with van der Waals surface area (Å²) < 4.78 is 0. The molecule has 2 N–H and O–H groups in total. The average molecular weight is 340 g/mol. The first-order valence-corrected chi connectivity index (χ1v) is 7.84. The van der Waals surface area contributed by atoms with Crippen molar-refractivity contribution < 1.29 is 14.7 Å². The Morgan fingerprint density at radius 3 is 2.48 bits per heavy atom. The van der Waals surface area contributed by atoms with Gasteiger partial charge in [-0.1, -0.05) is 0 Å². The number of rotatable bonds is 6. The summed E-state index contributed by atoms with van der Waals surface area (Å²) in [5.74, 6) is -1.44. The fourth-order valence-electron chi connectivity index (χ4n) is 3.14. The van der Waals surface area contributed by atoms with E-state index in [-0.39, 0.29) is 30.2 Å². The van der Waals surface area contributed by atoms with Crippen LogP contribution < -0.4 is 10.2 Å². The average Bonchev–Trinajstić information content (AvgIpc) is 3.38. The maximum Gasteiger partial charge on any atom is 0.334 e. The summed E-state index contributed by atoms with van der Waals surface area (Å²) >= 11 is 0. The highest BCUT2D eigenvalue weighted by atomic mass is 35.5. The predicted molar refractivity (Wildman–Crippen MR) is 89.0 cm³/mol. The fourth-order valence-corrected chi connectivity index (χ4v) is 3.14. The number of carbonyl (C=O) groups is 2. The van der Waals surface area contributed by atoms with E-state index in [0.29, 0.717) is 6.54 Å². The molecule has 2 atom stereocenters. The second kappa shape index (κ2) is 7.75. The molecular weight excluding hydrogens is 318 g/mol. The van der Waals surface area contributed by atoms with Gasteiger partial charge in [0.25, 0.3) is 0 Å². The highest BCUT2D eigenvalue weighted by Gasteiger charge is 2.43. The van der Waals surface area contributed by atoms with Crippen molar-refractivity contribution in [2.45, 2.75) is 37.8 Å². The summed E-state index contributed by atoms with van der Waals surface area (Å²) in [5.41, 5.74) is 0.766. The molecule has 2 aliphatic rings. The zero-order valence-electron chi connectivity index (χ0n) is 12.9. The van der Waals surface area contributed by atoms with E-state index in [1.54, 1.807) is 29.4 Å². The van der Waals surface area contributed by atoms with Gasteiger partial charge in [0.05, 0.1) is 0 Å². The molecule has 0 amide bonds. The standard InChI is InChI=1S/C16H21N3O3.ClH/c20-15(11-2-1-7-18-10-11)14(16(21)22)19(12-3-4-12)13-5-8-17-9-6-13;/h5-6,8-9,11-12,14,18H,1-4,7,10H2,(H,21,22);1H. The maximum absolute atomic E-state index is 12.8. The van der Waals surface area contributed by atoms with Crippen molar-refractivity contribution in [1.82, 2.24) is 10.3 Å². The number of pyridine rings is 1. The normalized spacial score (nSPS) is 21.8. The summed E-state index contributed by atoms with van der Waals surface area (Å²) in [6, 6.07) is 2.60. The molecule has 6 nitrogen and oxygen atoms in total. The molecular formula is C16H22ClN3O3. The fraction of sp³-hybridized carbons (Fsp3) is 0.562. The zero-order chi connectivity index (χ0) is 15.5. The predicted octanol–water partition coefficient (Wildman–Crippen LogP) is 1.49. The molecule has 1 aliphatic heterocycles. The van der Waals surface area contributed by atoms with Crippen LogP contribution in [-0.4, -0.2) is 47.0 Å². The van der Waals surface area contributed by atoms with E-state index in [1.807, 2.05) is 0 Å². The number of aliphatic carboxylic acids is 1. The number of hydrogen-bond donors (Lipinski definition) is 2. The summed E-state index contributed by atoms with van der Waals surface area (Å²) in [6.45, 7) is 1.48. The molecule has 0 radical (unpaired) electrons. The van der Waals surface area contributed by atoms with Gasteiger partial charge in [0.1, 0.15) is 0 Å². The van der Waals surface area contributed by atoms with Crippen molar-refractivity contribution >= 4 is 29.8 Å². The van der Waals surface area contributed by atoms with Crippen LogP contribution in [0, 0.1) is 5.92 Å². The molecule has 1 aliphatic carbocycles. The minimum Gasteiger partial charge on any atom is -0.479 e. The van der Waals surface area contributed by atoms with Gasteiger partial charge in [0.2, 0.25) is 0 Å². The van der Waals surface area contributed by atoms with Gasteiger partial charge in [-0.15, -0.1) is 12.4 Å². The molecule has 0 aromatic carbocycles. The second-order valence-corrected chi connectivity index (χ2v) is 6.03. The van der Waals surface area contributed by atoms with Crippen molar-refractivity contribution in [2.24, 2.45) is 5.92 Å². The number of anilines is 1. The zero-order valence-corrected chi connectivity index (χ0v) is 13.7. The van der Waals surface area contributed by atoms with E-state index in [9.17, 15) is 14.7 Å². The molecule has 1 aromatic heterocycles. The molecule has 2 fully saturated rings. The van der Waals surface area contributed by atoms with Crippen LogP contribution in [0.4, 0.5) is 5.69 Å². The van der Waals surface area contributed by atoms with Gasteiger partial charge >= 0.3 is 5.97 Å². The lowest BCUT2D eigenvalue weighted by molar-refractivity contribution is -0.143. The van der Waals surface area contributed by atoms with Gasteiger partial charge in [-0.25, -0.2) is 4.79 Å². The van der Waals surface area contributed by atoms with Gasteiger partial charge in [0, 0.05) is 36.6 Å². The third kappa shape index (κ3) is 4.00. The van der Waals surface area contributed by atoms with Crippen LogP contribution >= 0.6 is 12.4 Å². The van der Waals surface area contributed by atoms with Crippen LogP contribution in [0.3, 0.4) is 0 Å². The first-order chi connectivity index (χ1) is 10.7. The Morgan fingerprint density at radius 1 is 1.26 bits per heavy atom. The van der Waals surface area contributed by atoms with Gasteiger partial charge in [0.15, 0.2) is 11.8 Å². The number of nitrogens with zero attached hydrogens (tertiary/aromatic N) is 2. The highest BCUT2D eigenvalue weighted by molar-refractivity contribution is 6.06. The highest BCUT2D eigenvalue weighted by Crippen LogP contribution is 2.34. The number of carboxylic acids is 1. The minimum atomic E-state index is -1.10. The smallest absolute Gasteiger partial charge is 0.334 e. The molecule has 7 heteroatoms. The van der Waals surface area contributed by atoms with Crippen molar-refractivity contribution in [3.63, 3.8) is 0 Å². The van der Waals surface area contributed by atoms with Crippen molar-refractivity contribution in [3.8, 4) is 0 Å². The van der Waals surface area contributed by atoms with E-state index in [0.717, 1.165) is 37.9 Å². The molecule has 1 saturated heterocycles. The number of nitrogens with one attached hydrogen (secondary N) is 1. The van der Waals surface area contributed by atoms with Gasteiger partial charge in [-0.2, -0.15) is 0 Å². The van der Waals surface area contributed by atoms with Crippen LogP contribution in [0.1, 0.15) is 25.7 Å². The van der Waals surface area contributed by atoms with E-state index in [2.05, 4.69) is 10.3 Å². The molecule has 3 rings (SSSR count). The summed E-state index contributed by atoms with van der Waals surface area (Å²) in [5, 5.41) is 12.9. The van der Waals surface area contributed by atoms with Crippen molar-refractivity contribution in [2.75, 3.05) is 18.0 Å². The van der Waals surface area contributed by atoms with Crippen LogP contribution in [0.2, 0.25) is 0 Å². The van der Waals surface area contributed by atoms with E-state index in [4.69, 9.17) is 0 Å². The topological polar surface area (TPSA) is 82.5 Å². The second-order valence-electron chi connectivity index (χ2n) is 6.03. The van der Waals surface area contributed by atoms with Crippen molar-refractivity contribution in [3.05, 3.63) is 24.5 Å². The number of hydrogen-bond acceptors (Lipinski definition) is 5. The van der Waals surface area contributed by atoms with E-state index >= 15 is 0 Å². The Hall–Kier alpha value is -1.66. The molecule has 2 heterocycles. The first-order valence-electron chi connectivity index (χ1n) is 7.84. The third-order valence-corrected chi connectivity index (χ3v) is 4.38. The SMILES string of the molecule is Cl.O=C(O)C(C(=O)C1CCCNC1)N(c1ccncc1)C1CC1. The number of ketones is 1. The maximum atomic E-state index is 12.8. The van der Waals surface area contributed by atoms with E-state index < -0.39 is 12.0 Å². The quantitative estimate of drug-likeness (QED) is 0.764. The summed E-state index contributed by atoms with van der Waals surface area (Å²) in [4.78, 5) is 30.4. The number of carbonyl (C=O) groups excluding carboxylic acids is 1. The Bertz CT molecular complexity index is 545. The number of Topliss-reactive ketones (excluding diaryl/α,β-unsaturated/α-hetero) is 1. The Morgan fingerprint density at radius 2 is 1.96 bits per heavy atom. The molecule has 0 spiro atoms. The Balaban J connectivity index is 0.00000192. The van der Waals surface area contributed by atoms with Crippen LogP contribution in [0.5, 0.6) is 0 Å². The monoisotopic (exact) mass is 339 g/mol. The Kier molecular flexibility index (Phi) is 5.96. The van der Waals surface area contributed by atoms with E-state index in [1.165, 1.54) is 0 Å². The molecule has 0 bridgehead atoms. The van der Waals surface area contributed by atoms with Crippen molar-refractivity contribution in [1.29, 1.82) is 0 Å². The number of piperidine rings is 1. The lowest BCUT2D eigenvalue weighted by Gasteiger charge is -2.33. The minimum absolute atomic E-state index is 0. The number of carboxylic acid groups (broad SMARTS) is 1. The number of aromatic nitrogens is 1. The largest absolute Gasteiger partial charge is 0.479 e. The van der Waals surface area contributed by atoms with Crippen LogP contribution in [0.15, 0.2) is 24.5 Å². The molecule has 1 saturated carbocycles. The molecule has 1 aromatic rings. The lowest BCUT2D eigenvalue weighted by Crippen LogP contribution is -2.52. The van der Waals surface area contributed by atoms with Gasteiger partial charge < -0.3 is 15.3 Å². The summed E-state index contributed by atoms with van der Waals surface area (Å²) in [7, 11) is 0. The Labute approximate surface area is 141 Å². The summed E-state index contributed by atoms with van der Waals surface area (Å²) in [6.07, 6.45) is 6.82.